The van der Waals surface area contributed by atoms with Gasteiger partial charge < -0.3 is 15.0 Å². The highest BCUT2D eigenvalue weighted by molar-refractivity contribution is 5.35. The summed E-state index contributed by atoms with van der Waals surface area (Å²) in [5, 5.41) is 18.5. The molecule has 0 saturated heterocycles. The van der Waals surface area contributed by atoms with Gasteiger partial charge in [0.1, 0.15) is 11.6 Å². The van der Waals surface area contributed by atoms with Crippen molar-refractivity contribution in [2.45, 2.75) is 6.92 Å². The summed E-state index contributed by atoms with van der Waals surface area (Å²) in [6.45, 7) is 1.74. The molecule has 1 heterocycles. The second-order valence-corrected chi connectivity index (χ2v) is 2.00. The van der Waals surface area contributed by atoms with Gasteiger partial charge in [-0.1, -0.05) is 0 Å². The highest BCUT2D eigenvalue weighted by atomic mass is 16.8. The maximum absolute atomic E-state index is 10.3. The molecule has 0 aliphatic carbocycles. The first-order valence-corrected chi connectivity index (χ1v) is 2.77. The quantitative estimate of drug-likeness (QED) is 0.577. The van der Waals surface area contributed by atoms with Crippen molar-refractivity contribution in [1.29, 1.82) is 0 Å². The molecule has 0 spiro atoms. The van der Waals surface area contributed by atoms with Crippen LogP contribution in [0.4, 0.5) is 5.82 Å². The molecule has 1 rings (SSSR count). The normalized spacial score (nSPS) is 10.0. The Labute approximate surface area is 58.1 Å². The minimum atomic E-state index is -0.208. The maximum Gasteiger partial charge on any atom is 0.142 e. The molecule has 1 aromatic heterocycles. The molecule has 0 fully saturated rings. The molecule has 10 heavy (non-hydrogen) atoms. The summed E-state index contributed by atoms with van der Waals surface area (Å²) in [5.74, 6) is 0.822. The third-order valence-electron chi connectivity index (χ3n) is 1.39. The number of anilines is 1. The van der Waals surface area contributed by atoms with Crippen LogP contribution in [0, 0.1) is 12.1 Å². The molecular weight excluding hydrogens is 134 g/mol. The number of rotatable bonds is 1. The second kappa shape index (κ2) is 2.28. The fourth-order valence-corrected chi connectivity index (χ4v) is 0.668. The van der Waals surface area contributed by atoms with Gasteiger partial charge in [-0.15, -0.1) is 0 Å². The SMILES string of the molecule is Cc1ncc(N([O-])O)n1C. The van der Waals surface area contributed by atoms with E-state index in [1.54, 1.807) is 14.0 Å². The van der Waals surface area contributed by atoms with Crippen LogP contribution < -0.4 is 5.23 Å². The van der Waals surface area contributed by atoms with Gasteiger partial charge in [0, 0.05) is 7.05 Å². The number of imidazole rings is 1. The fraction of sp³-hybridized carbons (Fsp3) is 0.400. The molecule has 0 radical (unpaired) electrons. The van der Waals surface area contributed by atoms with Gasteiger partial charge in [0.25, 0.3) is 0 Å². The second-order valence-electron chi connectivity index (χ2n) is 2.00. The van der Waals surface area contributed by atoms with Crippen LogP contribution in [0.5, 0.6) is 0 Å². The van der Waals surface area contributed by atoms with Crippen molar-refractivity contribution < 1.29 is 5.21 Å². The van der Waals surface area contributed by atoms with Crippen molar-refractivity contribution >= 4 is 5.82 Å². The summed E-state index contributed by atoms with van der Waals surface area (Å²) in [6.07, 6.45) is 1.31. The lowest BCUT2D eigenvalue weighted by atomic mass is 10.7. The monoisotopic (exact) mass is 142 g/mol. The van der Waals surface area contributed by atoms with Crippen molar-refractivity contribution in [3.8, 4) is 0 Å². The molecule has 0 unspecified atom stereocenters. The van der Waals surface area contributed by atoms with Crippen LogP contribution >= 0.6 is 0 Å². The predicted molar refractivity (Wildman–Crippen MR) is 35.6 cm³/mol. The van der Waals surface area contributed by atoms with Gasteiger partial charge in [0.15, 0.2) is 0 Å². The summed E-state index contributed by atoms with van der Waals surface area (Å²) in [6, 6.07) is 0. The first kappa shape index (κ1) is 7.04. The molecule has 0 aliphatic rings. The lowest BCUT2D eigenvalue weighted by Gasteiger charge is -2.20. The van der Waals surface area contributed by atoms with E-state index in [1.807, 2.05) is 0 Å². The van der Waals surface area contributed by atoms with Gasteiger partial charge in [-0.2, -0.15) is 0 Å². The first-order chi connectivity index (χ1) is 4.63. The van der Waals surface area contributed by atoms with E-state index in [0.717, 1.165) is 0 Å². The van der Waals surface area contributed by atoms with Gasteiger partial charge in [-0.3, -0.25) is 5.21 Å². The highest BCUT2D eigenvalue weighted by Gasteiger charge is 2.00. The molecule has 0 amide bonds. The molecule has 0 aliphatic heterocycles. The van der Waals surface area contributed by atoms with E-state index < -0.39 is 0 Å². The molecule has 0 aromatic carbocycles. The Kier molecular flexibility index (Phi) is 1.60. The Hall–Kier alpha value is -1.07. The molecule has 1 N–H and O–H groups in total. The summed E-state index contributed by atoms with van der Waals surface area (Å²) >= 11 is 0. The van der Waals surface area contributed by atoms with E-state index in [9.17, 15) is 5.21 Å². The van der Waals surface area contributed by atoms with Gasteiger partial charge in [0.05, 0.1) is 6.20 Å². The Balaban J connectivity index is 3.05. The lowest BCUT2D eigenvalue weighted by molar-refractivity contribution is 0.290. The van der Waals surface area contributed by atoms with Crippen molar-refractivity contribution in [1.82, 2.24) is 9.55 Å². The van der Waals surface area contributed by atoms with Crippen LogP contribution in [0.2, 0.25) is 0 Å². The summed E-state index contributed by atoms with van der Waals surface area (Å²) in [4.78, 5) is 3.80. The third kappa shape index (κ3) is 0.960. The van der Waals surface area contributed by atoms with E-state index in [0.29, 0.717) is 5.82 Å². The average Bonchev–Trinajstić information content (AvgIpc) is 2.14. The minimum Gasteiger partial charge on any atom is -0.732 e. The van der Waals surface area contributed by atoms with E-state index in [-0.39, 0.29) is 11.0 Å². The van der Waals surface area contributed by atoms with Gasteiger partial charge >= 0.3 is 0 Å². The zero-order chi connectivity index (χ0) is 7.72. The van der Waals surface area contributed by atoms with Crippen LogP contribution in [-0.2, 0) is 7.05 Å². The lowest BCUT2D eigenvalue weighted by Crippen LogP contribution is -2.11. The number of aryl methyl sites for hydroxylation is 1. The van der Waals surface area contributed by atoms with Crippen molar-refractivity contribution in [2.75, 3.05) is 5.23 Å². The zero-order valence-corrected chi connectivity index (χ0v) is 5.77. The zero-order valence-electron chi connectivity index (χ0n) is 5.77. The Morgan fingerprint density at radius 3 is 2.60 bits per heavy atom. The topological polar surface area (TPSA) is 64.3 Å². The third-order valence-corrected chi connectivity index (χ3v) is 1.39. The Morgan fingerprint density at radius 1 is 1.80 bits per heavy atom. The molecular formula is C5H8N3O2-. The Morgan fingerprint density at radius 2 is 2.40 bits per heavy atom. The molecule has 5 heteroatoms. The van der Waals surface area contributed by atoms with E-state index >= 15 is 0 Å². The standard InChI is InChI=1S/C5H8N3O2/c1-4-6-3-5(7(4)2)8(9)10/h3,9H,1-2H3/q-1. The van der Waals surface area contributed by atoms with Crippen LogP contribution in [-0.4, -0.2) is 14.8 Å². The van der Waals surface area contributed by atoms with Crippen LogP contribution in [0.15, 0.2) is 6.20 Å². The van der Waals surface area contributed by atoms with Crippen molar-refractivity contribution in [3.63, 3.8) is 0 Å². The fourth-order valence-electron chi connectivity index (χ4n) is 0.668. The maximum atomic E-state index is 10.3. The number of hydrogen-bond donors (Lipinski definition) is 1. The molecule has 1 aromatic rings. The largest absolute Gasteiger partial charge is 0.732 e. The first-order valence-electron chi connectivity index (χ1n) is 2.77. The average molecular weight is 142 g/mol. The van der Waals surface area contributed by atoms with E-state index in [2.05, 4.69) is 4.98 Å². The Bertz CT molecular complexity index is 231. The van der Waals surface area contributed by atoms with Gasteiger partial charge in [0.2, 0.25) is 0 Å². The van der Waals surface area contributed by atoms with Gasteiger partial charge in [-0.25, -0.2) is 4.98 Å². The smallest absolute Gasteiger partial charge is 0.142 e. The van der Waals surface area contributed by atoms with Crippen LogP contribution in [0.25, 0.3) is 0 Å². The number of nitrogens with zero attached hydrogens (tertiary/aromatic N) is 3. The van der Waals surface area contributed by atoms with E-state index in [1.165, 1.54) is 10.8 Å². The van der Waals surface area contributed by atoms with E-state index in [4.69, 9.17) is 5.21 Å². The minimum absolute atomic E-state index is 0.137. The summed E-state index contributed by atoms with van der Waals surface area (Å²) in [5.41, 5.74) is 0. The highest BCUT2D eigenvalue weighted by Crippen LogP contribution is 2.10. The summed E-state index contributed by atoms with van der Waals surface area (Å²) < 4.78 is 1.49. The van der Waals surface area contributed by atoms with Crippen molar-refractivity contribution in [2.24, 2.45) is 7.05 Å². The molecule has 0 bridgehead atoms. The molecule has 0 atom stereocenters. The number of aromatic nitrogens is 2. The van der Waals surface area contributed by atoms with Crippen LogP contribution in [0.1, 0.15) is 5.82 Å². The molecule has 5 nitrogen and oxygen atoms in total. The molecule has 56 valence electrons. The van der Waals surface area contributed by atoms with Crippen molar-refractivity contribution in [3.05, 3.63) is 17.2 Å². The van der Waals surface area contributed by atoms with Crippen LogP contribution in [0.3, 0.4) is 0 Å². The van der Waals surface area contributed by atoms with Gasteiger partial charge in [-0.05, 0) is 6.92 Å². The summed E-state index contributed by atoms with van der Waals surface area (Å²) in [7, 11) is 1.65. The predicted octanol–water partition coefficient (Wildman–Crippen LogP) is 0.422. The molecule has 0 saturated carbocycles. The number of hydrogen-bond acceptors (Lipinski definition) is 4.